The molecule has 4 N–H and O–H groups in total. The molecule has 2 heterocycles. The average Bonchev–Trinajstić information content (AvgIpc) is 2.90. The lowest BCUT2D eigenvalue weighted by Gasteiger charge is -2.26. The molecule has 21 heavy (non-hydrogen) atoms. The quantitative estimate of drug-likeness (QED) is 0.574. The second kappa shape index (κ2) is 6.86. The van der Waals surface area contributed by atoms with Gasteiger partial charge in [0.05, 0.1) is 5.92 Å². The zero-order valence-corrected chi connectivity index (χ0v) is 13.4. The van der Waals surface area contributed by atoms with E-state index in [-0.39, 0.29) is 11.8 Å². The molecule has 0 amide bonds. The molecule has 2 rings (SSSR count). The number of carboxylic acid groups (broad SMARTS) is 1. The summed E-state index contributed by atoms with van der Waals surface area (Å²) in [5.74, 6) is -1.13. The van der Waals surface area contributed by atoms with E-state index < -0.39 is 11.9 Å². The normalized spacial score (nSPS) is 16.9. The first kappa shape index (κ1) is 15.7. The van der Waals surface area contributed by atoms with E-state index in [1.165, 1.54) is 0 Å². The van der Waals surface area contributed by atoms with Crippen LogP contribution in [-0.2, 0) is 11.2 Å². The second-order valence-corrected chi connectivity index (χ2v) is 6.04. The van der Waals surface area contributed by atoms with Crippen molar-refractivity contribution in [2.24, 2.45) is 22.9 Å². The van der Waals surface area contributed by atoms with Crippen LogP contribution in [0.15, 0.2) is 27.9 Å². The summed E-state index contributed by atoms with van der Waals surface area (Å²) in [6.07, 6.45) is 0.490. The van der Waals surface area contributed by atoms with Gasteiger partial charge in [0, 0.05) is 18.0 Å². The van der Waals surface area contributed by atoms with E-state index in [2.05, 4.69) is 42.5 Å². The minimum absolute atomic E-state index is 0.0234. The van der Waals surface area contributed by atoms with Gasteiger partial charge >= 0.3 is 5.97 Å². The zero-order valence-electron chi connectivity index (χ0n) is 11.8. The molecule has 2 atom stereocenters. The summed E-state index contributed by atoms with van der Waals surface area (Å²) in [7, 11) is 0. The maximum Gasteiger partial charge on any atom is 0.307 e. The average molecular weight is 356 g/mol. The van der Waals surface area contributed by atoms with Gasteiger partial charge in [0.2, 0.25) is 0 Å². The van der Waals surface area contributed by atoms with Crippen molar-refractivity contribution in [1.82, 2.24) is 21.5 Å². The first-order chi connectivity index (χ1) is 9.99. The van der Waals surface area contributed by atoms with Crippen molar-refractivity contribution in [2.75, 3.05) is 0 Å². The number of nitrogens with one attached hydrogen (secondary N) is 3. The number of hydrogen-bond donors (Lipinski definition) is 4. The third kappa shape index (κ3) is 3.92. The number of rotatable bonds is 6. The molecule has 0 saturated carbocycles. The van der Waals surface area contributed by atoms with Gasteiger partial charge < -0.3 is 5.11 Å². The van der Waals surface area contributed by atoms with E-state index in [0.29, 0.717) is 12.3 Å². The number of carboxylic acids is 1. The Balaban J connectivity index is 2.29. The number of nitrogens with zero attached hydrogens (tertiary/aromatic N) is 2. The third-order valence-electron chi connectivity index (χ3n) is 3.41. The highest BCUT2D eigenvalue weighted by atomic mass is 79.9. The third-order valence-corrected chi connectivity index (χ3v) is 3.85. The standard InChI is InChI=1S/C13H18BrN5O2/c1-7(2)11(13(20)21)9(12-16-18-19-17-12)6-8-4-3-5-10(14)15-8/h3-5,7,9,11,18-19H,6H2,1-2H3,(H,16,17)(H,20,21)/t9-,11-/m0/s1. The van der Waals surface area contributed by atoms with Gasteiger partial charge in [-0.1, -0.05) is 19.9 Å². The highest BCUT2D eigenvalue weighted by Crippen LogP contribution is 2.26. The van der Waals surface area contributed by atoms with Crippen molar-refractivity contribution < 1.29 is 9.90 Å². The number of carbonyl (C=O) groups is 1. The Morgan fingerprint density at radius 1 is 1.43 bits per heavy atom. The van der Waals surface area contributed by atoms with Crippen molar-refractivity contribution in [3.8, 4) is 0 Å². The molecule has 0 aliphatic carbocycles. The fraction of sp³-hybridized carbons (Fsp3) is 0.462. The van der Waals surface area contributed by atoms with E-state index in [0.717, 1.165) is 10.3 Å². The molecule has 114 valence electrons. The van der Waals surface area contributed by atoms with E-state index in [4.69, 9.17) is 0 Å². The molecular formula is C13H18BrN5O2. The van der Waals surface area contributed by atoms with Crippen LogP contribution < -0.4 is 16.5 Å². The number of pyridine rings is 1. The molecule has 0 bridgehead atoms. The summed E-state index contributed by atoms with van der Waals surface area (Å²) in [4.78, 5) is 16.0. The Hall–Kier alpha value is -1.67. The molecule has 1 aromatic heterocycles. The predicted molar refractivity (Wildman–Crippen MR) is 81.9 cm³/mol. The smallest absolute Gasteiger partial charge is 0.307 e. The summed E-state index contributed by atoms with van der Waals surface area (Å²) in [6.45, 7) is 3.80. The first-order valence-electron chi connectivity index (χ1n) is 6.67. The van der Waals surface area contributed by atoms with Crippen LogP contribution in [0.4, 0.5) is 0 Å². The molecule has 0 spiro atoms. The Bertz CT molecular complexity index is 549. The number of aliphatic carboxylic acids is 1. The van der Waals surface area contributed by atoms with Gasteiger partial charge in [-0.05, 0) is 34.0 Å². The highest BCUT2D eigenvalue weighted by molar-refractivity contribution is 9.10. The Morgan fingerprint density at radius 3 is 2.71 bits per heavy atom. The van der Waals surface area contributed by atoms with Gasteiger partial charge in [-0.15, -0.1) is 10.6 Å². The van der Waals surface area contributed by atoms with Gasteiger partial charge in [-0.2, -0.15) is 0 Å². The van der Waals surface area contributed by atoms with Crippen molar-refractivity contribution in [2.45, 2.75) is 20.3 Å². The highest BCUT2D eigenvalue weighted by Gasteiger charge is 2.36. The van der Waals surface area contributed by atoms with E-state index in [1.807, 2.05) is 32.0 Å². The van der Waals surface area contributed by atoms with Crippen LogP contribution in [0.3, 0.4) is 0 Å². The lowest BCUT2D eigenvalue weighted by molar-refractivity contribution is -0.144. The molecule has 7 nitrogen and oxygen atoms in total. The fourth-order valence-corrected chi connectivity index (χ4v) is 2.87. The van der Waals surface area contributed by atoms with E-state index >= 15 is 0 Å². The first-order valence-corrected chi connectivity index (χ1v) is 7.46. The number of halogens is 1. The Kier molecular flexibility index (Phi) is 5.13. The zero-order chi connectivity index (χ0) is 15.4. The molecule has 0 aromatic carbocycles. The molecule has 1 aromatic rings. The van der Waals surface area contributed by atoms with Crippen LogP contribution in [-0.4, -0.2) is 21.9 Å². The van der Waals surface area contributed by atoms with Crippen molar-refractivity contribution in [3.63, 3.8) is 0 Å². The SMILES string of the molecule is CC(C)[C@H](C(=O)O)[C@H](Cc1cccc(Br)n1)C1=NNNN1. The van der Waals surface area contributed by atoms with Gasteiger partial charge in [-0.3, -0.25) is 10.2 Å². The molecule has 0 fully saturated rings. The largest absolute Gasteiger partial charge is 0.481 e. The van der Waals surface area contributed by atoms with Crippen LogP contribution >= 0.6 is 15.9 Å². The fourth-order valence-electron chi connectivity index (χ4n) is 2.49. The summed E-state index contributed by atoms with van der Waals surface area (Å²) < 4.78 is 0.729. The molecule has 1 aliphatic rings. The molecule has 8 heteroatoms. The lowest BCUT2D eigenvalue weighted by atomic mass is 9.80. The van der Waals surface area contributed by atoms with E-state index in [1.54, 1.807) is 0 Å². The molecule has 0 radical (unpaired) electrons. The second-order valence-electron chi connectivity index (χ2n) is 5.23. The van der Waals surface area contributed by atoms with Crippen LogP contribution in [0, 0.1) is 17.8 Å². The Labute approximate surface area is 131 Å². The predicted octanol–water partition coefficient (Wildman–Crippen LogP) is 1.29. The molecular weight excluding hydrogens is 338 g/mol. The van der Waals surface area contributed by atoms with Crippen LogP contribution in [0.25, 0.3) is 0 Å². The number of hydrazone groups is 1. The maximum absolute atomic E-state index is 11.6. The monoisotopic (exact) mass is 355 g/mol. The topological polar surface area (TPSA) is 98.6 Å². The van der Waals surface area contributed by atoms with E-state index in [9.17, 15) is 9.90 Å². The van der Waals surface area contributed by atoms with Gasteiger partial charge in [0.1, 0.15) is 10.4 Å². The lowest BCUT2D eigenvalue weighted by Crippen LogP contribution is -2.43. The molecule has 1 aliphatic heterocycles. The minimum atomic E-state index is -0.832. The van der Waals surface area contributed by atoms with Crippen LogP contribution in [0.5, 0.6) is 0 Å². The number of aromatic nitrogens is 1. The van der Waals surface area contributed by atoms with Crippen LogP contribution in [0.2, 0.25) is 0 Å². The number of amidine groups is 1. The van der Waals surface area contributed by atoms with Gasteiger partial charge in [0.25, 0.3) is 0 Å². The number of hydrazine groups is 2. The Morgan fingerprint density at radius 2 is 2.19 bits per heavy atom. The van der Waals surface area contributed by atoms with Gasteiger partial charge in [-0.25, -0.2) is 10.5 Å². The van der Waals surface area contributed by atoms with Gasteiger partial charge in [0.15, 0.2) is 0 Å². The van der Waals surface area contributed by atoms with Crippen molar-refractivity contribution in [3.05, 3.63) is 28.5 Å². The van der Waals surface area contributed by atoms with Crippen molar-refractivity contribution >= 4 is 27.7 Å². The minimum Gasteiger partial charge on any atom is -0.481 e. The van der Waals surface area contributed by atoms with Crippen molar-refractivity contribution in [1.29, 1.82) is 0 Å². The summed E-state index contributed by atoms with van der Waals surface area (Å²) in [6, 6.07) is 5.60. The van der Waals surface area contributed by atoms with Crippen LogP contribution in [0.1, 0.15) is 19.5 Å². The summed E-state index contributed by atoms with van der Waals surface area (Å²) >= 11 is 3.33. The molecule has 0 saturated heterocycles. The maximum atomic E-state index is 11.6. The number of hydrogen-bond acceptors (Lipinski definition) is 6. The summed E-state index contributed by atoms with van der Waals surface area (Å²) in [5.41, 5.74) is 8.93. The summed E-state index contributed by atoms with van der Waals surface area (Å²) in [5, 5.41) is 13.6. The molecule has 0 unspecified atom stereocenters.